The number of aliphatic hydroxyl groups excluding tert-OH is 2. The molecule has 0 aromatic rings. The Labute approximate surface area is 194 Å². The van der Waals surface area contributed by atoms with Crippen LogP contribution in [0.5, 0.6) is 0 Å². The van der Waals surface area contributed by atoms with Gasteiger partial charge in [-0.2, -0.15) is 0 Å². The van der Waals surface area contributed by atoms with Crippen LogP contribution in [-0.4, -0.2) is 77.5 Å². The monoisotopic (exact) mass is 467 g/mol. The minimum absolute atomic E-state index is 0.0565. The van der Waals surface area contributed by atoms with Crippen molar-refractivity contribution in [3.63, 3.8) is 0 Å². The molecule has 9 heteroatoms. The van der Waals surface area contributed by atoms with E-state index in [4.69, 9.17) is 20.3 Å². The lowest BCUT2D eigenvalue weighted by Gasteiger charge is -2.35. The molecule has 6 unspecified atom stereocenters. The fourth-order valence-electron chi connectivity index (χ4n) is 4.58. The third-order valence-electron chi connectivity index (χ3n) is 6.64. The molecule has 0 radical (unpaired) electrons. The number of allylic oxidation sites excluding steroid dienone is 2. The molecule has 0 heterocycles. The van der Waals surface area contributed by atoms with Gasteiger partial charge < -0.3 is 30.5 Å². The summed E-state index contributed by atoms with van der Waals surface area (Å²) in [4.78, 5) is 35.8. The van der Waals surface area contributed by atoms with E-state index in [1.165, 1.54) is 7.11 Å². The molecule has 0 saturated heterocycles. The second-order valence-corrected chi connectivity index (χ2v) is 9.05. The summed E-state index contributed by atoms with van der Waals surface area (Å²) in [6.45, 7) is 0. The van der Waals surface area contributed by atoms with E-state index in [0.717, 1.165) is 11.1 Å². The topological polar surface area (TPSA) is 156 Å². The zero-order chi connectivity index (χ0) is 24.5. The van der Waals surface area contributed by atoms with Crippen molar-refractivity contribution in [1.29, 1.82) is 0 Å². The van der Waals surface area contributed by atoms with Gasteiger partial charge in [0.2, 0.25) is 0 Å². The standard InChI is InChI=1S/C24H37NO8/c1-32-22-9-14(4-8-20(22)28)3-6-17(26)13-18(27)7-5-15-12-23(33-2)21(29)11-16(15)10-19(25)24(30)31/h3,5,16,19-23,28-29H,4,6-13,25H2,1-2H3,(H,30,31). The van der Waals surface area contributed by atoms with E-state index in [1.54, 1.807) is 13.2 Å². The van der Waals surface area contributed by atoms with Crippen molar-refractivity contribution in [2.24, 2.45) is 11.7 Å². The van der Waals surface area contributed by atoms with Gasteiger partial charge in [-0.25, -0.2) is 0 Å². The molecule has 0 spiro atoms. The molecule has 0 aromatic heterocycles. The summed E-state index contributed by atoms with van der Waals surface area (Å²) in [5.41, 5.74) is 7.57. The molecule has 6 atom stereocenters. The highest BCUT2D eigenvalue weighted by Gasteiger charge is 2.34. The summed E-state index contributed by atoms with van der Waals surface area (Å²) in [6.07, 6.45) is 4.42. The van der Waals surface area contributed by atoms with Crippen LogP contribution in [0.1, 0.15) is 57.8 Å². The first-order valence-electron chi connectivity index (χ1n) is 11.4. The van der Waals surface area contributed by atoms with Crippen molar-refractivity contribution < 1.29 is 39.2 Å². The summed E-state index contributed by atoms with van der Waals surface area (Å²) in [6, 6.07) is -1.06. The van der Waals surface area contributed by atoms with Gasteiger partial charge in [0.25, 0.3) is 0 Å². The molecular formula is C24H37NO8. The van der Waals surface area contributed by atoms with Gasteiger partial charge in [0.1, 0.15) is 17.6 Å². The van der Waals surface area contributed by atoms with E-state index >= 15 is 0 Å². The van der Waals surface area contributed by atoms with Gasteiger partial charge >= 0.3 is 5.97 Å². The van der Waals surface area contributed by atoms with Gasteiger partial charge in [-0.1, -0.05) is 23.3 Å². The largest absolute Gasteiger partial charge is 0.480 e. The molecule has 5 N–H and O–H groups in total. The Morgan fingerprint density at radius 3 is 2.24 bits per heavy atom. The van der Waals surface area contributed by atoms with Crippen LogP contribution in [0, 0.1) is 5.92 Å². The van der Waals surface area contributed by atoms with Crippen LogP contribution in [0.25, 0.3) is 0 Å². The van der Waals surface area contributed by atoms with Crippen molar-refractivity contribution in [2.75, 3.05) is 14.2 Å². The highest BCUT2D eigenvalue weighted by atomic mass is 16.5. The maximum atomic E-state index is 12.4. The Kier molecular flexibility index (Phi) is 10.9. The number of aliphatic carboxylic acids is 1. The number of hydrogen-bond acceptors (Lipinski definition) is 8. The van der Waals surface area contributed by atoms with Gasteiger partial charge in [0, 0.05) is 27.1 Å². The maximum absolute atomic E-state index is 12.4. The number of rotatable bonds is 11. The second kappa shape index (κ2) is 13.1. The van der Waals surface area contributed by atoms with Crippen LogP contribution in [0.3, 0.4) is 0 Å². The van der Waals surface area contributed by atoms with Crippen LogP contribution >= 0.6 is 0 Å². The molecule has 2 fully saturated rings. The number of methoxy groups -OCH3 is 2. The molecule has 0 amide bonds. The van der Waals surface area contributed by atoms with E-state index < -0.39 is 30.3 Å². The predicted octanol–water partition coefficient (Wildman–Crippen LogP) is 1.30. The molecule has 0 aromatic carbocycles. The average molecular weight is 468 g/mol. The van der Waals surface area contributed by atoms with Gasteiger partial charge in [0.15, 0.2) is 0 Å². The number of ketones is 2. The molecule has 0 bridgehead atoms. The molecule has 33 heavy (non-hydrogen) atoms. The van der Waals surface area contributed by atoms with Crippen molar-refractivity contribution >= 4 is 17.5 Å². The number of aliphatic hydroxyl groups is 2. The number of carboxylic acids is 1. The van der Waals surface area contributed by atoms with Gasteiger partial charge in [-0.05, 0) is 44.4 Å². The van der Waals surface area contributed by atoms with Gasteiger partial charge in [-0.15, -0.1) is 0 Å². The van der Waals surface area contributed by atoms with Crippen LogP contribution in [0.2, 0.25) is 0 Å². The van der Waals surface area contributed by atoms with Crippen LogP contribution in [0.4, 0.5) is 0 Å². The second-order valence-electron chi connectivity index (χ2n) is 9.05. The lowest BCUT2D eigenvalue weighted by atomic mass is 9.77. The first kappa shape index (κ1) is 27.3. The minimum atomic E-state index is -1.11. The Morgan fingerprint density at radius 1 is 1.03 bits per heavy atom. The maximum Gasteiger partial charge on any atom is 0.320 e. The summed E-state index contributed by atoms with van der Waals surface area (Å²) in [7, 11) is 3.05. The van der Waals surface area contributed by atoms with Crippen LogP contribution in [-0.2, 0) is 23.9 Å². The summed E-state index contributed by atoms with van der Waals surface area (Å²) >= 11 is 0. The van der Waals surface area contributed by atoms with Crippen LogP contribution in [0.15, 0.2) is 23.3 Å². The van der Waals surface area contributed by atoms with Crippen molar-refractivity contribution in [3.05, 3.63) is 23.3 Å². The molecule has 2 saturated carbocycles. The number of Topliss-reactive ketones (excluding diaryl/α,β-unsaturated/α-hetero) is 2. The van der Waals surface area contributed by atoms with Crippen molar-refractivity contribution in [2.45, 2.75) is 88.2 Å². The van der Waals surface area contributed by atoms with Crippen LogP contribution < -0.4 is 5.73 Å². The lowest BCUT2D eigenvalue weighted by molar-refractivity contribution is -0.139. The number of hydrogen-bond donors (Lipinski definition) is 4. The zero-order valence-corrected chi connectivity index (χ0v) is 19.4. The Hall–Kier alpha value is -1.91. The van der Waals surface area contributed by atoms with Gasteiger partial charge in [-0.3, -0.25) is 14.4 Å². The highest BCUT2D eigenvalue weighted by molar-refractivity contribution is 6.00. The van der Waals surface area contributed by atoms with E-state index in [9.17, 15) is 24.6 Å². The summed E-state index contributed by atoms with van der Waals surface area (Å²) < 4.78 is 10.6. The van der Waals surface area contributed by atoms with Crippen molar-refractivity contribution in [3.8, 4) is 0 Å². The smallest absolute Gasteiger partial charge is 0.320 e. The first-order valence-corrected chi connectivity index (χ1v) is 11.4. The normalized spacial score (nSPS) is 31.5. The SMILES string of the molecule is COC1CC(=CCC(=O)CC(=O)CC=C2CC(OC)C(O)CC2CC(N)C(=O)O)CCC1O. The van der Waals surface area contributed by atoms with E-state index in [1.807, 2.05) is 6.08 Å². The summed E-state index contributed by atoms with van der Waals surface area (Å²) in [5.74, 6) is -1.77. The number of carbonyl (C=O) groups is 3. The minimum Gasteiger partial charge on any atom is -0.480 e. The Bertz CT molecular complexity index is 762. The Morgan fingerprint density at radius 2 is 1.64 bits per heavy atom. The van der Waals surface area contributed by atoms with E-state index in [2.05, 4.69) is 0 Å². The molecule has 0 aliphatic heterocycles. The predicted molar refractivity (Wildman–Crippen MR) is 120 cm³/mol. The summed E-state index contributed by atoms with van der Waals surface area (Å²) in [5, 5.41) is 29.2. The highest BCUT2D eigenvalue weighted by Crippen LogP contribution is 2.34. The zero-order valence-electron chi connectivity index (χ0n) is 19.4. The fourth-order valence-corrected chi connectivity index (χ4v) is 4.58. The molecule has 2 aliphatic rings. The quantitative estimate of drug-likeness (QED) is 0.260. The van der Waals surface area contributed by atoms with Crippen molar-refractivity contribution in [1.82, 2.24) is 0 Å². The molecule has 186 valence electrons. The fraction of sp³-hybridized carbons (Fsp3) is 0.708. The number of carboxylic acid groups (broad SMARTS) is 1. The third kappa shape index (κ3) is 8.42. The number of carbonyl (C=O) groups excluding carboxylic acids is 2. The lowest BCUT2D eigenvalue weighted by Crippen LogP contribution is -2.40. The van der Waals surface area contributed by atoms with E-state index in [-0.39, 0.29) is 49.3 Å². The third-order valence-corrected chi connectivity index (χ3v) is 6.64. The number of ether oxygens (including phenoxy) is 2. The average Bonchev–Trinajstić information content (AvgIpc) is 2.77. The first-order chi connectivity index (χ1) is 15.6. The molecule has 2 rings (SSSR count). The van der Waals surface area contributed by atoms with E-state index in [0.29, 0.717) is 32.1 Å². The number of nitrogens with two attached hydrogens (primary N) is 1. The molecule has 9 nitrogen and oxygen atoms in total. The molecular weight excluding hydrogens is 430 g/mol. The Balaban J connectivity index is 1.92. The van der Waals surface area contributed by atoms with Gasteiger partial charge in [0.05, 0.1) is 30.8 Å². The molecule has 2 aliphatic carbocycles.